The topological polar surface area (TPSA) is 82.8 Å². The van der Waals surface area contributed by atoms with E-state index in [-0.39, 0.29) is 25.0 Å². The number of carbonyl (C=O) groups excluding carboxylic acids is 1. The van der Waals surface area contributed by atoms with Crippen LogP contribution in [0.15, 0.2) is 0 Å². The maximum atomic E-state index is 11.7. The molecule has 0 spiro atoms. The highest BCUT2D eigenvalue weighted by atomic mass is 16.7. The zero-order chi connectivity index (χ0) is 13.8. The molecule has 3 unspecified atom stereocenters. The van der Waals surface area contributed by atoms with Crippen LogP contribution in [0.1, 0.15) is 33.6 Å². The lowest BCUT2D eigenvalue weighted by Crippen LogP contribution is -2.43. The van der Waals surface area contributed by atoms with E-state index in [9.17, 15) is 4.79 Å². The Hall–Kier alpha value is -0.850. The molecule has 106 valence electrons. The van der Waals surface area contributed by atoms with Gasteiger partial charge in [-0.15, -0.1) is 0 Å². The van der Waals surface area contributed by atoms with E-state index in [1.807, 2.05) is 20.8 Å². The lowest BCUT2D eigenvalue weighted by Gasteiger charge is -2.24. The highest BCUT2D eigenvalue weighted by Gasteiger charge is 2.35. The second-order valence-corrected chi connectivity index (χ2v) is 5.60. The smallest absolute Gasteiger partial charge is 0.407 e. The summed E-state index contributed by atoms with van der Waals surface area (Å²) in [6, 6.07) is -0.0863. The van der Waals surface area contributed by atoms with Crippen molar-refractivity contribution in [3.63, 3.8) is 0 Å². The number of nitrogens with one attached hydrogen (secondary N) is 1. The summed E-state index contributed by atoms with van der Waals surface area (Å²) in [5.74, 6) is 0. The van der Waals surface area contributed by atoms with Gasteiger partial charge in [-0.05, 0) is 33.6 Å². The van der Waals surface area contributed by atoms with Crippen molar-refractivity contribution in [2.45, 2.75) is 57.4 Å². The summed E-state index contributed by atoms with van der Waals surface area (Å²) in [6.07, 6.45) is 0.845. The summed E-state index contributed by atoms with van der Waals surface area (Å²) in [7, 11) is 1.56. The fraction of sp³-hybridized carbons (Fsp3) is 0.917. The number of amides is 1. The van der Waals surface area contributed by atoms with Gasteiger partial charge >= 0.3 is 6.09 Å². The summed E-state index contributed by atoms with van der Waals surface area (Å²) in [4.78, 5) is 11.7. The van der Waals surface area contributed by atoms with Crippen LogP contribution in [0, 0.1) is 0 Å². The van der Waals surface area contributed by atoms with E-state index in [0.29, 0.717) is 12.8 Å². The second kappa shape index (κ2) is 6.36. The maximum absolute atomic E-state index is 11.7. The van der Waals surface area contributed by atoms with E-state index < -0.39 is 11.7 Å². The Labute approximate surface area is 108 Å². The Bertz CT molecular complexity index is 278. The van der Waals surface area contributed by atoms with Crippen molar-refractivity contribution in [3.05, 3.63) is 0 Å². The van der Waals surface area contributed by atoms with Gasteiger partial charge in [0.1, 0.15) is 12.4 Å². The van der Waals surface area contributed by atoms with Crippen LogP contribution < -0.4 is 11.1 Å². The van der Waals surface area contributed by atoms with Gasteiger partial charge in [0.2, 0.25) is 0 Å². The number of carbonyl (C=O) groups is 1. The molecule has 1 aliphatic carbocycles. The molecular weight excluding hydrogens is 236 g/mol. The molecule has 0 aromatic heterocycles. The quantitative estimate of drug-likeness (QED) is 0.737. The molecule has 1 amide bonds. The van der Waals surface area contributed by atoms with E-state index in [1.54, 1.807) is 7.11 Å². The van der Waals surface area contributed by atoms with Gasteiger partial charge in [-0.2, -0.15) is 0 Å². The molecule has 3 atom stereocenters. The van der Waals surface area contributed by atoms with Crippen molar-refractivity contribution in [1.29, 1.82) is 0 Å². The molecule has 0 bridgehead atoms. The minimum atomic E-state index is -0.506. The van der Waals surface area contributed by atoms with Crippen LogP contribution in [0.4, 0.5) is 4.79 Å². The molecule has 0 saturated heterocycles. The standard InChI is InChI=1S/C12H24N2O4/c1-12(2,3)18-11(15)14-9-5-8(13)6-10(9)17-7-16-4/h8-10H,5-7,13H2,1-4H3,(H,14,15). The number of methoxy groups -OCH3 is 1. The summed E-state index contributed by atoms with van der Waals surface area (Å²) in [5, 5.41) is 2.80. The first-order valence-corrected chi connectivity index (χ1v) is 6.17. The zero-order valence-corrected chi connectivity index (χ0v) is 11.6. The molecule has 6 heteroatoms. The first kappa shape index (κ1) is 15.2. The SMILES string of the molecule is COCOC1CC(N)CC1NC(=O)OC(C)(C)C. The Balaban J connectivity index is 2.45. The zero-order valence-electron chi connectivity index (χ0n) is 11.6. The van der Waals surface area contributed by atoms with E-state index in [1.165, 1.54) is 0 Å². The molecule has 0 heterocycles. The van der Waals surface area contributed by atoms with Gasteiger partial charge in [0.15, 0.2) is 0 Å². The monoisotopic (exact) mass is 260 g/mol. The molecule has 1 fully saturated rings. The minimum absolute atomic E-state index is 0.0341. The largest absolute Gasteiger partial charge is 0.444 e. The Kier molecular flexibility index (Phi) is 5.37. The van der Waals surface area contributed by atoms with E-state index in [2.05, 4.69) is 5.32 Å². The minimum Gasteiger partial charge on any atom is -0.444 e. The number of ether oxygens (including phenoxy) is 3. The van der Waals surface area contributed by atoms with Crippen molar-refractivity contribution < 1.29 is 19.0 Å². The van der Waals surface area contributed by atoms with Gasteiger partial charge in [0, 0.05) is 13.2 Å². The third-order valence-corrected chi connectivity index (χ3v) is 2.64. The first-order valence-electron chi connectivity index (χ1n) is 6.17. The molecule has 6 nitrogen and oxygen atoms in total. The van der Waals surface area contributed by atoms with Crippen molar-refractivity contribution in [3.8, 4) is 0 Å². The Morgan fingerprint density at radius 3 is 2.61 bits per heavy atom. The molecule has 1 saturated carbocycles. The molecule has 1 aliphatic rings. The van der Waals surface area contributed by atoms with Gasteiger partial charge in [-0.3, -0.25) is 0 Å². The predicted octanol–water partition coefficient (Wildman–Crippen LogP) is 0.990. The summed E-state index contributed by atoms with van der Waals surface area (Å²) >= 11 is 0. The van der Waals surface area contributed by atoms with Crippen LogP contribution in [-0.2, 0) is 14.2 Å². The first-order chi connectivity index (χ1) is 8.31. The normalized spacial score (nSPS) is 28.2. The number of hydrogen-bond acceptors (Lipinski definition) is 5. The second-order valence-electron chi connectivity index (χ2n) is 5.60. The van der Waals surface area contributed by atoms with Crippen molar-refractivity contribution in [2.24, 2.45) is 5.73 Å². The third-order valence-electron chi connectivity index (χ3n) is 2.64. The van der Waals surface area contributed by atoms with E-state index >= 15 is 0 Å². The number of rotatable bonds is 4. The van der Waals surface area contributed by atoms with E-state index in [0.717, 1.165) is 0 Å². The van der Waals surface area contributed by atoms with Crippen LogP contribution in [0.25, 0.3) is 0 Å². The molecule has 3 N–H and O–H groups in total. The van der Waals surface area contributed by atoms with Crippen molar-refractivity contribution >= 4 is 6.09 Å². The summed E-state index contributed by atoms with van der Waals surface area (Å²) in [5.41, 5.74) is 5.37. The van der Waals surface area contributed by atoms with Gasteiger partial charge in [0.25, 0.3) is 0 Å². The lowest BCUT2D eigenvalue weighted by molar-refractivity contribution is -0.0771. The Morgan fingerprint density at radius 1 is 1.39 bits per heavy atom. The average Bonchev–Trinajstić information content (AvgIpc) is 2.52. The fourth-order valence-corrected chi connectivity index (χ4v) is 1.99. The molecule has 1 rings (SSSR count). The highest BCUT2D eigenvalue weighted by Crippen LogP contribution is 2.22. The third kappa shape index (κ3) is 5.20. The van der Waals surface area contributed by atoms with Crippen LogP contribution in [-0.4, -0.2) is 43.8 Å². The lowest BCUT2D eigenvalue weighted by atomic mass is 10.2. The van der Waals surface area contributed by atoms with Crippen LogP contribution in [0.3, 0.4) is 0 Å². The predicted molar refractivity (Wildman–Crippen MR) is 67.1 cm³/mol. The van der Waals surface area contributed by atoms with Gasteiger partial charge in [-0.1, -0.05) is 0 Å². The Morgan fingerprint density at radius 2 is 2.06 bits per heavy atom. The number of alkyl carbamates (subject to hydrolysis) is 1. The van der Waals surface area contributed by atoms with E-state index in [4.69, 9.17) is 19.9 Å². The van der Waals surface area contributed by atoms with Crippen molar-refractivity contribution in [1.82, 2.24) is 5.32 Å². The van der Waals surface area contributed by atoms with Gasteiger partial charge in [0.05, 0.1) is 12.1 Å². The number of nitrogens with two attached hydrogens (primary N) is 1. The van der Waals surface area contributed by atoms with Crippen molar-refractivity contribution in [2.75, 3.05) is 13.9 Å². The van der Waals surface area contributed by atoms with Gasteiger partial charge in [-0.25, -0.2) is 4.79 Å². The molecule has 0 radical (unpaired) electrons. The average molecular weight is 260 g/mol. The highest BCUT2D eigenvalue weighted by molar-refractivity contribution is 5.68. The summed E-state index contributed by atoms with van der Waals surface area (Å²) < 4.78 is 15.6. The fourth-order valence-electron chi connectivity index (χ4n) is 1.99. The van der Waals surface area contributed by atoms with Gasteiger partial charge < -0.3 is 25.3 Å². The number of hydrogen-bond donors (Lipinski definition) is 2. The van der Waals surface area contributed by atoms with Crippen LogP contribution >= 0.6 is 0 Å². The van der Waals surface area contributed by atoms with Crippen LogP contribution in [0.5, 0.6) is 0 Å². The molecule has 18 heavy (non-hydrogen) atoms. The summed E-state index contributed by atoms with van der Waals surface area (Å²) in [6.45, 7) is 5.67. The molecular formula is C12H24N2O4. The maximum Gasteiger partial charge on any atom is 0.407 e. The molecule has 0 aromatic carbocycles. The molecule has 0 aliphatic heterocycles. The van der Waals surface area contributed by atoms with Crippen LogP contribution in [0.2, 0.25) is 0 Å². The molecule has 0 aromatic rings.